The maximum absolute atomic E-state index is 13.3. The standard InChI is InChI=1S/C13H10F2N4O2/c1-2-19-13(21)18-6-5-17(12(20)11(18)16-19)8-3-4-9(14)10(15)7-8/h3-7H,2H2,1H3. The first-order valence-electron chi connectivity index (χ1n) is 6.19. The Balaban J connectivity index is 2.29. The van der Waals surface area contributed by atoms with E-state index in [0.717, 1.165) is 25.8 Å². The predicted molar refractivity (Wildman–Crippen MR) is 70.6 cm³/mol. The molecule has 0 amide bonds. The Labute approximate surface area is 116 Å². The maximum atomic E-state index is 13.3. The summed E-state index contributed by atoms with van der Waals surface area (Å²) in [6.45, 7) is 2.05. The van der Waals surface area contributed by atoms with Gasteiger partial charge in [-0.15, -0.1) is 5.10 Å². The minimum atomic E-state index is -1.06. The van der Waals surface area contributed by atoms with E-state index in [4.69, 9.17) is 0 Å². The van der Waals surface area contributed by atoms with Crippen molar-refractivity contribution in [2.24, 2.45) is 0 Å². The van der Waals surface area contributed by atoms with Gasteiger partial charge in [0.2, 0.25) is 5.65 Å². The van der Waals surface area contributed by atoms with Gasteiger partial charge in [0.1, 0.15) is 0 Å². The fraction of sp³-hybridized carbons (Fsp3) is 0.154. The van der Waals surface area contributed by atoms with Gasteiger partial charge in [0.25, 0.3) is 0 Å². The maximum Gasteiger partial charge on any atom is 0.350 e. The third-order valence-corrected chi connectivity index (χ3v) is 3.13. The average Bonchev–Trinajstić information content (AvgIpc) is 2.80. The molecule has 108 valence electrons. The van der Waals surface area contributed by atoms with Crippen molar-refractivity contribution in [2.45, 2.75) is 13.5 Å². The molecule has 0 aliphatic carbocycles. The Morgan fingerprint density at radius 2 is 1.90 bits per heavy atom. The van der Waals surface area contributed by atoms with Crippen molar-refractivity contribution in [3.63, 3.8) is 0 Å². The summed E-state index contributed by atoms with van der Waals surface area (Å²) in [7, 11) is 0. The minimum absolute atomic E-state index is 0.0749. The summed E-state index contributed by atoms with van der Waals surface area (Å²) >= 11 is 0. The molecule has 0 fully saturated rings. The van der Waals surface area contributed by atoms with Gasteiger partial charge in [-0.25, -0.2) is 22.7 Å². The van der Waals surface area contributed by atoms with Crippen LogP contribution in [0.2, 0.25) is 0 Å². The Bertz CT molecular complexity index is 955. The van der Waals surface area contributed by atoms with Crippen LogP contribution in [0.25, 0.3) is 11.3 Å². The van der Waals surface area contributed by atoms with Crippen molar-refractivity contribution in [1.82, 2.24) is 18.7 Å². The molecule has 3 rings (SSSR count). The van der Waals surface area contributed by atoms with Gasteiger partial charge in [-0.3, -0.25) is 9.36 Å². The molecule has 21 heavy (non-hydrogen) atoms. The van der Waals surface area contributed by atoms with Crippen molar-refractivity contribution in [2.75, 3.05) is 0 Å². The zero-order chi connectivity index (χ0) is 15.1. The second-order valence-electron chi connectivity index (χ2n) is 4.36. The van der Waals surface area contributed by atoms with E-state index in [9.17, 15) is 18.4 Å². The molecule has 2 aromatic heterocycles. The first kappa shape index (κ1) is 13.2. The Kier molecular flexibility index (Phi) is 2.93. The smallest absolute Gasteiger partial charge is 0.279 e. The molecule has 0 saturated heterocycles. The zero-order valence-corrected chi connectivity index (χ0v) is 11.0. The van der Waals surface area contributed by atoms with Crippen molar-refractivity contribution < 1.29 is 8.78 Å². The molecule has 1 aromatic carbocycles. The van der Waals surface area contributed by atoms with Crippen molar-refractivity contribution in [3.8, 4) is 5.69 Å². The van der Waals surface area contributed by atoms with Gasteiger partial charge in [-0.2, -0.15) is 0 Å². The summed E-state index contributed by atoms with van der Waals surface area (Å²) in [5.74, 6) is -2.06. The lowest BCUT2D eigenvalue weighted by Crippen LogP contribution is -2.23. The fourth-order valence-electron chi connectivity index (χ4n) is 2.05. The molecule has 0 aliphatic heterocycles. The summed E-state index contributed by atoms with van der Waals surface area (Å²) in [4.78, 5) is 24.2. The molecule has 0 N–H and O–H groups in total. The third-order valence-electron chi connectivity index (χ3n) is 3.13. The number of fused-ring (bicyclic) bond motifs is 1. The molecule has 8 heteroatoms. The number of hydrogen-bond acceptors (Lipinski definition) is 3. The minimum Gasteiger partial charge on any atom is -0.279 e. The fourth-order valence-corrected chi connectivity index (χ4v) is 2.05. The van der Waals surface area contributed by atoms with Crippen LogP contribution in [0, 0.1) is 11.6 Å². The van der Waals surface area contributed by atoms with E-state index in [2.05, 4.69) is 5.10 Å². The highest BCUT2D eigenvalue weighted by molar-refractivity contribution is 5.40. The Hall–Kier alpha value is -2.77. The molecule has 0 atom stereocenters. The summed E-state index contributed by atoms with van der Waals surface area (Å²) in [6.07, 6.45) is 2.67. The Morgan fingerprint density at radius 3 is 2.57 bits per heavy atom. The van der Waals surface area contributed by atoms with Crippen LogP contribution in [0.4, 0.5) is 8.78 Å². The average molecular weight is 292 g/mol. The van der Waals surface area contributed by atoms with E-state index in [1.165, 1.54) is 18.5 Å². The van der Waals surface area contributed by atoms with Gasteiger partial charge in [-0.05, 0) is 19.1 Å². The highest BCUT2D eigenvalue weighted by Crippen LogP contribution is 2.11. The highest BCUT2D eigenvalue weighted by Gasteiger charge is 2.12. The van der Waals surface area contributed by atoms with Crippen LogP contribution in [0.15, 0.2) is 40.2 Å². The molecule has 0 saturated carbocycles. The number of halogens is 2. The van der Waals surface area contributed by atoms with Gasteiger partial charge in [-0.1, -0.05) is 0 Å². The van der Waals surface area contributed by atoms with E-state index >= 15 is 0 Å². The Morgan fingerprint density at radius 1 is 1.14 bits per heavy atom. The van der Waals surface area contributed by atoms with Gasteiger partial charge >= 0.3 is 11.2 Å². The monoisotopic (exact) mass is 292 g/mol. The predicted octanol–water partition coefficient (Wildman–Crippen LogP) is 0.945. The number of aromatic nitrogens is 4. The van der Waals surface area contributed by atoms with Crippen LogP contribution in [0.5, 0.6) is 0 Å². The molecule has 0 spiro atoms. The van der Waals surface area contributed by atoms with E-state index in [1.54, 1.807) is 6.92 Å². The van der Waals surface area contributed by atoms with Gasteiger partial charge in [0, 0.05) is 25.0 Å². The zero-order valence-electron chi connectivity index (χ0n) is 11.0. The van der Waals surface area contributed by atoms with E-state index < -0.39 is 22.9 Å². The van der Waals surface area contributed by atoms with Crippen LogP contribution < -0.4 is 11.2 Å². The topological polar surface area (TPSA) is 61.3 Å². The SMILES string of the molecule is CCn1nc2c(=O)n(-c3ccc(F)c(F)c3)ccn2c1=O. The van der Waals surface area contributed by atoms with Gasteiger partial charge in [0.05, 0.1) is 5.69 Å². The number of rotatable bonds is 2. The lowest BCUT2D eigenvalue weighted by atomic mass is 10.3. The molecule has 6 nitrogen and oxygen atoms in total. The van der Waals surface area contributed by atoms with E-state index in [-0.39, 0.29) is 11.3 Å². The lowest BCUT2D eigenvalue weighted by molar-refractivity contribution is 0.508. The van der Waals surface area contributed by atoms with Crippen molar-refractivity contribution in [1.29, 1.82) is 0 Å². The highest BCUT2D eigenvalue weighted by atomic mass is 19.2. The molecule has 0 radical (unpaired) electrons. The third kappa shape index (κ3) is 1.95. The van der Waals surface area contributed by atoms with Crippen LogP contribution in [-0.4, -0.2) is 18.7 Å². The largest absolute Gasteiger partial charge is 0.350 e. The van der Waals surface area contributed by atoms with E-state index in [1.807, 2.05) is 0 Å². The normalized spacial score (nSPS) is 11.2. The van der Waals surface area contributed by atoms with Gasteiger partial charge in [0.15, 0.2) is 11.6 Å². The summed E-state index contributed by atoms with van der Waals surface area (Å²) in [5.41, 5.74) is -0.941. The van der Waals surface area contributed by atoms with Crippen LogP contribution >= 0.6 is 0 Å². The molecular formula is C13H10F2N4O2. The lowest BCUT2D eigenvalue weighted by Gasteiger charge is -2.05. The second kappa shape index (κ2) is 4.65. The molecular weight excluding hydrogens is 282 g/mol. The van der Waals surface area contributed by atoms with Crippen molar-refractivity contribution in [3.05, 3.63) is 63.1 Å². The summed E-state index contributed by atoms with van der Waals surface area (Å²) in [5, 5.41) is 3.92. The van der Waals surface area contributed by atoms with Crippen LogP contribution in [0.3, 0.4) is 0 Å². The summed E-state index contributed by atoms with van der Waals surface area (Å²) < 4.78 is 29.6. The quantitative estimate of drug-likeness (QED) is 0.706. The first-order valence-corrected chi connectivity index (χ1v) is 6.19. The molecule has 0 aliphatic rings. The van der Waals surface area contributed by atoms with E-state index in [0.29, 0.717) is 6.54 Å². The second-order valence-corrected chi connectivity index (χ2v) is 4.36. The van der Waals surface area contributed by atoms with Crippen molar-refractivity contribution >= 4 is 5.65 Å². The molecule has 0 bridgehead atoms. The summed E-state index contributed by atoms with van der Waals surface area (Å²) in [6, 6.07) is 3.10. The molecule has 0 unspecified atom stereocenters. The van der Waals surface area contributed by atoms with Crippen LogP contribution in [-0.2, 0) is 6.54 Å². The molecule has 2 heterocycles. The van der Waals surface area contributed by atoms with Gasteiger partial charge < -0.3 is 0 Å². The molecule has 3 aromatic rings. The first-order chi connectivity index (χ1) is 10.0. The number of aryl methyl sites for hydroxylation is 1. The van der Waals surface area contributed by atoms with Crippen LogP contribution in [0.1, 0.15) is 6.92 Å². The number of nitrogens with zero attached hydrogens (tertiary/aromatic N) is 4. The number of benzene rings is 1. The number of hydrogen-bond donors (Lipinski definition) is 0.